The minimum atomic E-state index is 0.675. The van der Waals surface area contributed by atoms with E-state index in [2.05, 4.69) is 32.7 Å². The highest BCUT2D eigenvalue weighted by Gasteiger charge is 2.05. The smallest absolute Gasteiger partial charge is 0.0452 e. The summed E-state index contributed by atoms with van der Waals surface area (Å²) < 4.78 is 0. The lowest BCUT2D eigenvalue weighted by Gasteiger charge is -2.18. The third-order valence-electron chi connectivity index (χ3n) is 2.19. The average Bonchev–Trinajstić information content (AvgIpc) is 1.99. The van der Waals surface area contributed by atoms with Crippen LogP contribution in [-0.2, 0) is 0 Å². The summed E-state index contributed by atoms with van der Waals surface area (Å²) >= 11 is 0. The lowest BCUT2D eigenvalue weighted by Crippen LogP contribution is -2.27. The van der Waals surface area contributed by atoms with Gasteiger partial charge in [-0.2, -0.15) is 0 Å². The van der Waals surface area contributed by atoms with E-state index >= 15 is 0 Å². The van der Waals surface area contributed by atoms with E-state index in [0.29, 0.717) is 6.67 Å². The van der Waals surface area contributed by atoms with Crippen LogP contribution in [0.3, 0.4) is 0 Å². The molecular weight excluding hydrogens is 148 g/mol. The van der Waals surface area contributed by atoms with Crippen LogP contribution in [-0.4, -0.2) is 25.2 Å². The standard InChI is InChI=1S/C10H24N2/c1-9(2)7-10(3)5-6-12(4)8-11/h9-10H,5-8,11H2,1-4H3. The predicted molar refractivity (Wildman–Crippen MR) is 54.9 cm³/mol. The van der Waals surface area contributed by atoms with Crippen molar-refractivity contribution in [3.05, 3.63) is 0 Å². The van der Waals surface area contributed by atoms with E-state index in [4.69, 9.17) is 5.73 Å². The van der Waals surface area contributed by atoms with Crippen molar-refractivity contribution >= 4 is 0 Å². The zero-order chi connectivity index (χ0) is 9.56. The van der Waals surface area contributed by atoms with Gasteiger partial charge < -0.3 is 5.73 Å². The molecule has 0 heterocycles. The van der Waals surface area contributed by atoms with E-state index in [1.54, 1.807) is 0 Å². The molecule has 74 valence electrons. The van der Waals surface area contributed by atoms with Crippen LogP contribution in [0.5, 0.6) is 0 Å². The highest BCUT2D eigenvalue weighted by Crippen LogP contribution is 2.14. The van der Waals surface area contributed by atoms with Gasteiger partial charge in [-0.25, -0.2) is 0 Å². The molecule has 0 bridgehead atoms. The first-order valence-electron chi connectivity index (χ1n) is 4.94. The van der Waals surface area contributed by atoms with Gasteiger partial charge in [0.2, 0.25) is 0 Å². The number of nitrogens with two attached hydrogens (primary N) is 1. The van der Waals surface area contributed by atoms with E-state index < -0.39 is 0 Å². The Morgan fingerprint density at radius 1 is 1.25 bits per heavy atom. The second-order valence-electron chi connectivity index (χ2n) is 4.29. The molecule has 0 aromatic heterocycles. The number of hydrogen-bond acceptors (Lipinski definition) is 2. The van der Waals surface area contributed by atoms with Crippen molar-refractivity contribution in [2.24, 2.45) is 17.6 Å². The molecule has 0 fully saturated rings. The van der Waals surface area contributed by atoms with Crippen molar-refractivity contribution in [3.63, 3.8) is 0 Å². The van der Waals surface area contributed by atoms with Crippen LogP contribution in [0, 0.1) is 11.8 Å². The summed E-state index contributed by atoms with van der Waals surface area (Å²) in [6.45, 7) is 8.69. The van der Waals surface area contributed by atoms with Crippen molar-refractivity contribution in [2.75, 3.05) is 20.3 Å². The summed E-state index contributed by atoms with van der Waals surface area (Å²) in [6.07, 6.45) is 2.60. The Hall–Kier alpha value is -0.0800. The summed E-state index contributed by atoms with van der Waals surface area (Å²) in [7, 11) is 2.07. The minimum absolute atomic E-state index is 0.675. The minimum Gasteiger partial charge on any atom is -0.318 e. The molecule has 0 aliphatic carbocycles. The van der Waals surface area contributed by atoms with Gasteiger partial charge in [-0.1, -0.05) is 20.8 Å². The predicted octanol–water partition coefficient (Wildman–Crippen LogP) is 1.91. The van der Waals surface area contributed by atoms with E-state index in [9.17, 15) is 0 Å². The molecule has 0 amide bonds. The Balaban J connectivity index is 3.36. The van der Waals surface area contributed by atoms with E-state index in [0.717, 1.165) is 18.4 Å². The first-order chi connectivity index (χ1) is 5.56. The van der Waals surface area contributed by atoms with Gasteiger partial charge in [0, 0.05) is 6.67 Å². The quantitative estimate of drug-likeness (QED) is 0.620. The molecule has 0 aliphatic rings. The zero-order valence-corrected chi connectivity index (χ0v) is 9.01. The zero-order valence-electron chi connectivity index (χ0n) is 9.01. The van der Waals surface area contributed by atoms with Crippen LogP contribution < -0.4 is 5.73 Å². The van der Waals surface area contributed by atoms with Gasteiger partial charge in [-0.15, -0.1) is 0 Å². The Bertz CT molecular complexity index is 102. The number of nitrogens with zero attached hydrogens (tertiary/aromatic N) is 1. The molecule has 0 saturated heterocycles. The Kier molecular flexibility index (Phi) is 6.39. The molecule has 1 unspecified atom stereocenters. The fraction of sp³-hybridized carbons (Fsp3) is 1.00. The first kappa shape index (κ1) is 11.9. The third-order valence-corrected chi connectivity index (χ3v) is 2.19. The van der Waals surface area contributed by atoms with E-state index in [-0.39, 0.29) is 0 Å². The summed E-state index contributed by atoms with van der Waals surface area (Å²) in [5, 5.41) is 0. The van der Waals surface area contributed by atoms with Crippen LogP contribution in [0.25, 0.3) is 0 Å². The molecule has 2 heteroatoms. The van der Waals surface area contributed by atoms with Crippen molar-refractivity contribution in [1.82, 2.24) is 4.90 Å². The average molecular weight is 172 g/mol. The highest BCUT2D eigenvalue weighted by atomic mass is 15.1. The molecule has 0 aromatic rings. The summed E-state index contributed by atoms with van der Waals surface area (Å²) in [4.78, 5) is 2.16. The fourth-order valence-corrected chi connectivity index (χ4v) is 1.45. The van der Waals surface area contributed by atoms with Gasteiger partial charge in [-0.3, -0.25) is 4.90 Å². The van der Waals surface area contributed by atoms with Gasteiger partial charge in [-0.05, 0) is 38.3 Å². The number of hydrogen-bond donors (Lipinski definition) is 1. The number of rotatable bonds is 6. The molecule has 0 rings (SSSR count). The molecule has 0 aliphatic heterocycles. The van der Waals surface area contributed by atoms with Gasteiger partial charge in [0.1, 0.15) is 0 Å². The largest absolute Gasteiger partial charge is 0.318 e. The normalized spacial score (nSPS) is 14.2. The molecular formula is C10H24N2. The van der Waals surface area contributed by atoms with Gasteiger partial charge >= 0.3 is 0 Å². The fourth-order valence-electron chi connectivity index (χ4n) is 1.45. The lowest BCUT2D eigenvalue weighted by atomic mass is 9.96. The Morgan fingerprint density at radius 3 is 2.25 bits per heavy atom. The summed E-state index contributed by atoms with van der Waals surface area (Å²) in [5.74, 6) is 1.65. The van der Waals surface area contributed by atoms with Crippen molar-refractivity contribution in [3.8, 4) is 0 Å². The lowest BCUT2D eigenvalue weighted by molar-refractivity contribution is 0.297. The second kappa shape index (κ2) is 6.44. The van der Waals surface area contributed by atoms with Crippen LogP contribution >= 0.6 is 0 Å². The molecule has 12 heavy (non-hydrogen) atoms. The molecule has 2 nitrogen and oxygen atoms in total. The van der Waals surface area contributed by atoms with Gasteiger partial charge in [0.25, 0.3) is 0 Å². The molecule has 2 N–H and O–H groups in total. The van der Waals surface area contributed by atoms with Crippen molar-refractivity contribution in [2.45, 2.75) is 33.6 Å². The van der Waals surface area contributed by atoms with Crippen LogP contribution in [0.4, 0.5) is 0 Å². The second-order valence-corrected chi connectivity index (χ2v) is 4.29. The maximum absolute atomic E-state index is 5.49. The summed E-state index contributed by atoms with van der Waals surface area (Å²) in [6, 6.07) is 0. The Labute approximate surface area is 77.1 Å². The third kappa shape index (κ3) is 6.62. The molecule has 0 aromatic carbocycles. The van der Waals surface area contributed by atoms with E-state index in [1.165, 1.54) is 12.8 Å². The maximum Gasteiger partial charge on any atom is 0.0452 e. The van der Waals surface area contributed by atoms with Crippen LogP contribution in [0.15, 0.2) is 0 Å². The maximum atomic E-state index is 5.49. The first-order valence-corrected chi connectivity index (χ1v) is 4.94. The molecule has 0 saturated carbocycles. The van der Waals surface area contributed by atoms with Gasteiger partial charge in [0.05, 0.1) is 0 Å². The topological polar surface area (TPSA) is 29.3 Å². The van der Waals surface area contributed by atoms with Crippen molar-refractivity contribution in [1.29, 1.82) is 0 Å². The summed E-state index contributed by atoms with van der Waals surface area (Å²) in [5.41, 5.74) is 5.49. The van der Waals surface area contributed by atoms with Crippen molar-refractivity contribution < 1.29 is 0 Å². The molecule has 0 radical (unpaired) electrons. The molecule has 0 spiro atoms. The van der Waals surface area contributed by atoms with Crippen LogP contribution in [0.1, 0.15) is 33.6 Å². The SMILES string of the molecule is CC(C)CC(C)CCN(C)CN. The highest BCUT2D eigenvalue weighted by molar-refractivity contribution is 4.58. The van der Waals surface area contributed by atoms with E-state index in [1.807, 2.05) is 0 Å². The Morgan fingerprint density at radius 2 is 1.83 bits per heavy atom. The van der Waals surface area contributed by atoms with Gasteiger partial charge in [0.15, 0.2) is 0 Å². The van der Waals surface area contributed by atoms with Crippen LogP contribution in [0.2, 0.25) is 0 Å². The molecule has 1 atom stereocenters. The monoisotopic (exact) mass is 172 g/mol.